The number of aryl methyl sites for hydroxylation is 1. The first-order chi connectivity index (χ1) is 10.6. The Labute approximate surface area is 134 Å². The zero-order chi connectivity index (χ0) is 17.3. The predicted octanol–water partition coefficient (Wildman–Crippen LogP) is 2.16. The van der Waals surface area contributed by atoms with E-state index >= 15 is 0 Å². The Kier molecular flexibility index (Phi) is 4.42. The van der Waals surface area contributed by atoms with E-state index in [-0.39, 0.29) is 22.4 Å². The van der Waals surface area contributed by atoms with Gasteiger partial charge in [0.1, 0.15) is 0 Å². The number of rotatable bonds is 4. The van der Waals surface area contributed by atoms with E-state index in [1.54, 1.807) is 39.8 Å². The molecule has 0 fully saturated rings. The highest BCUT2D eigenvalue weighted by Crippen LogP contribution is 2.23. The maximum absolute atomic E-state index is 12.4. The topological polar surface area (TPSA) is 114 Å². The molecular weight excluding hydrogens is 320 g/mol. The number of amides is 1. The smallest absolute Gasteiger partial charge is 0.263 e. The Morgan fingerprint density at radius 2 is 1.83 bits per heavy atom. The minimum atomic E-state index is -3.86. The second-order valence-corrected chi connectivity index (χ2v) is 7.77. The summed E-state index contributed by atoms with van der Waals surface area (Å²) >= 11 is 0. The van der Waals surface area contributed by atoms with Crippen molar-refractivity contribution < 1.29 is 17.8 Å². The lowest BCUT2D eigenvalue weighted by Crippen LogP contribution is -2.28. The Morgan fingerprint density at radius 3 is 2.43 bits per heavy atom. The number of sulfonamides is 1. The zero-order valence-corrected chi connectivity index (χ0v) is 14.1. The van der Waals surface area contributed by atoms with E-state index in [0.29, 0.717) is 0 Å². The van der Waals surface area contributed by atoms with Crippen molar-refractivity contribution in [2.75, 3.05) is 10.0 Å². The molecule has 0 aliphatic heterocycles. The van der Waals surface area contributed by atoms with Crippen molar-refractivity contribution in [3.05, 3.63) is 29.8 Å². The molecule has 1 aromatic carbocycles. The van der Waals surface area contributed by atoms with Crippen molar-refractivity contribution in [1.29, 1.82) is 0 Å². The number of benzene rings is 1. The van der Waals surface area contributed by atoms with E-state index < -0.39 is 15.4 Å². The molecule has 1 heterocycles. The lowest BCUT2D eigenvalue weighted by molar-refractivity contribution is -0.123. The molecule has 1 aromatic heterocycles. The summed E-state index contributed by atoms with van der Waals surface area (Å²) in [6.45, 7) is 6.93. The van der Waals surface area contributed by atoms with E-state index in [1.807, 2.05) is 0 Å². The van der Waals surface area contributed by atoms with Gasteiger partial charge in [0.05, 0.1) is 4.90 Å². The maximum Gasteiger partial charge on any atom is 0.263 e. The van der Waals surface area contributed by atoms with Crippen LogP contribution in [0.1, 0.15) is 26.3 Å². The van der Waals surface area contributed by atoms with Crippen molar-refractivity contribution in [3.63, 3.8) is 0 Å². The highest BCUT2D eigenvalue weighted by molar-refractivity contribution is 7.92. The monoisotopic (exact) mass is 338 g/mol. The van der Waals surface area contributed by atoms with Crippen molar-refractivity contribution >= 4 is 27.6 Å². The SMILES string of the molecule is Cc1cccc(S(=O)(=O)Nc2nonc2NC(=O)C(C)(C)C)c1. The third kappa shape index (κ3) is 4.07. The van der Waals surface area contributed by atoms with Crippen LogP contribution in [0.3, 0.4) is 0 Å². The highest BCUT2D eigenvalue weighted by Gasteiger charge is 2.26. The first kappa shape index (κ1) is 16.9. The van der Waals surface area contributed by atoms with Gasteiger partial charge in [-0.2, -0.15) is 0 Å². The van der Waals surface area contributed by atoms with E-state index in [9.17, 15) is 13.2 Å². The average molecular weight is 338 g/mol. The van der Waals surface area contributed by atoms with Crippen LogP contribution >= 0.6 is 0 Å². The number of nitrogens with one attached hydrogen (secondary N) is 2. The molecule has 0 radical (unpaired) electrons. The fourth-order valence-electron chi connectivity index (χ4n) is 1.60. The third-order valence-electron chi connectivity index (χ3n) is 2.93. The molecule has 0 spiro atoms. The molecule has 0 atom stereocenters. The van der Waals surface area contributed by atoms with Crippen LogP contribution < -0.4 is 10.0 Å². The lowest BCUT2D eigenvalue weighted by Gasteiger charge is -2.16. The molecule has 0 aliphatic rings. The molecular formula is C14H18N4O4S. The van der Waals surface area contributed by atoms with Crippen LogP contribution in [0, 0.1) is 12.3 Å². The highest BCUT2D eigenvalue weighted by atomic mass is 32.2. The number of nitrogens with zero attached hydrogens (tertiary/aromatic N) is 2. The third-order valence-corrected chi connectivity index (χ3v) is 4.27. The van der Waals surface area contributed by atoms with E-state index in [0.717, 1.165) is 5.56 Å². The fourth-order valence-corrected chi connectivity index (χ4v) is 2.71. The number of hydrogen-bond donors (Lipinski definition) is 2. The fraction of sp³-hybridized carbons (Fsp3) is 0.357. The van der Waals surface area contributed by atoms with Crippen LogP contribution in [0.2, 0.25) is 0 Å². The van der Waals surface area contributed by atoms with Gasteiger partial charge in [-0.15, -0.1) is 0 Å². The molecule has 0 bridgehead atoms. The number of hydrogen-bond acceptors (Lipinski definition) is 6. The molecule has 124 valence electrons. The maximum atomic E-state index is 12.4. The summed E-state index contributed by atoms with van der Waals surface area (Å²) in [6, 6.07) is 6.39. The van der Waals surface area contributed by atoms with Crippen molar-refractivity contribution in [3.8, 4) is 0 Å². The minimum absolute atomic E-state index is 0.0774. The Balaban J connectivity index is 2.25. The normalized spacial score (nSPS) is 12.0. The predicted molar refractivity (Wildman–Crippen MR) is 84.4 cm³/mol. The van der Waals surface area contributed by atoms with Gasteiger partial charge in [-0.05, 0) is 34.9 Å². The first-order valence-electron chi connectivity index (χ1n) is 6.83. The molecule has 1 amide bonds. The number of anilines is 2. The van der Waals surface area contributed by atoms with Crippen LogP contribution in [0.5, 0.6) is 0 Å². The van der Waals surface area contributed by atoms with Gasteiger partial charge in [0.15, 0.2) is 0 Å². The molecule has 2 N–H and O–H groups in total. The van der Waals surface area contributed by atoms with Gasteiger partial charge >= 0.3 is 0 Å². The number of carbonyl (C=O) groups is 1. The summed E-state index contributed by atoms with van der Waals surface area (Å²) in [5, 5.41) is 9.50. The quantitative estimate of drug-likeness (QED) is 0.883. The summed E-state index contributed by atoms with van der Waals surface area (Å²) in [6.07, 6.45) is 0. The van der Waals surface area contributed by atoms with Gasteiger partial charge in [-0.25, -0.2) is 13.0 Å². The molecule has 0 aliphatic carbocycles. The van der Waals surface area contributed by atoms with Crippen molar-refractivity contribution in [2.24, 2.45) is 5.41 Å². The molecule has 2 aromatic rings. The van der Waals surface area contributed by atoms with Crippen LogP contribution in [0.4, 0.5) is 11.6 Å². The Hall–Kier alpha value is -2.42. The lowest BCUT2D eigenvalue weighted by atomic mass is 9.96. The standard InChI is InChI=1S/C14H18N4O4S/c1-9-6-5-7-10(8-9)23(20,21)18-12-11(16-22-17-12)15-13(19)14(2,3)4/h5-8H,1-4H3,(H,17,18)(H,15,16,19). The molecule has 9 heteroatoms. The van der Waals surface area contributed by atoms with Gasteiger partial charge in [-0.1, -0.05) is 32.9 Å². The summed E-state index contributed by atoms with van der Waals surface area (Å²) in [5.74, 6) is -0.602. The van der Waals surface area contributed by atoms with Gasteiger partial charge in [0.25, 0.3) is 10.0 Å². The van der Waals surface area contributed by atoms with Crippen LogP contribution in [0.25, 0.3) is 0 Å². The van der Waals surface area contributed by atoms with Gasteiger partial charge in [0.2, 0.25) is 17.5 Å². The van der Waals surface area contributed by atoms with Crippen molar-refractivity contribution in [2.45, 2.75) is 32.6 Å². The summed E-state index contributed by atoms with van der Waals surface area (Å²) in [4.78, 5) is 12.0. The average Bonchev–Trinajstić information content (AvgIpc) is 2.84. The summed E-state index contributed by atoms with van der Waals surface area (Å²) in [7, 11) is -3.86. The summed E-state index contributed by atoms with van der Waals surface area (Å²) < 4.78 is 31.5. The number of aromatic nitrogens is 2. The van der Waals surface area contributed by atoms with E-state index in [4.69, 9.17) is 0 Å². The number of carbonyl (C=O) groups excluding carboxylic acids is 1. The Morgan fingerprint density at radius 1 is 1.17 bits per heavy atom. The largest absolute Gasteiger partial charge is 0.304 e. The van der Waals surface area contributed by atoms with Crippen LogP contribution in [-0.2, 0) is 14.8 Å². The molecule has 23 heavy (non-hydrogen) atoms. The van der Waals surface area contributed by atoms with E-state index in [1.165, 1.54) is 12.1 Å². The van der Waals surface area contributed by atoms with Crippen LogP contribution in [-0.4, -0.2) is 24.6 Å². The van der Waals surface area contributed by atoms with Gasteiger partial charge in [-0.3, -0.25) is 9.52 Å². The second-order valence-electron chi connectivity index (χ2n) is 6.09. The molecule has 0 saturated heterocycles. The van der Waals surface area contributed by atoms with Gasteiger partial charge < -0.3 is 5.32 Å². The zero-order valence-electron chi connectivity index (χ0n) is 13.2. The van der Waals surface area contributed by atoms with Crippen LogP contribution in [0.15, 0.2) is 33.8 Å². The van der Waals surface area contributed by atoms with E-state index in [2.05, 4.69) is 25.0 Å². The van der Waals surface area contributed by atoms with Crippen molar-refractivity contribution in [1.82, 2.24) is 10.3 Å². The first-order valence-corrected chi connectivity index (χ1v) is 8.31. The molecule has 2 rings (SSSR count). The molecule has 8 nitrogen and oxygen atoms in total. The van der Waals surface area contributed by atoms with Gasteiger partial charge in [0, 0.05) is 5.41 Å². The molecule has 0 unspecified atom stereocenters. The summed E-state index contributed by atoms with van der Waals surface area (Å²) in [5.41, 5.74) is 0.124. The minimum Gasteiger partial charge on any atom is -0.304 e. The Bertz CT molecular complexity index is 821. The molecule has 0 saturated carbocycles. The second kappa shape index (κ2) is 5.99.